The third-order valence-corrected chi connectivity index (χ3v) is 2.40. The molecule has 0 aliphatic rings. The van der Waals surface area contributed by atoms with Crippen LogP contribution in [0.4, 0.5) is 5.82 Å². The van der Waals surface area contributed by atoms with E-state index in [4.69, 9.17) is 4.74 Å². The van der Waals surface area contributed by atoms with Crippen molar-refractivity contribution < 1.29 is 23.8 Å². The third kappa shape index (κ3) is 5.64. The lowest BCUT2D eigenvalue weighted by atomic mass is 10.4. The lowest BCUT2D eigenvalue weighted by Gasteiger charge is -2.21. The Morgan fingerprint density at radius 3 is 2.19 bits per heavy atom. The highest BCUT2D eigenvalue weighted by Crippen LogP contribution is 2.16. The molecule has 8 nitrogen and oxygen atoms in total. The maximum Gasteiger partial charge on any atom is 0.325 e. The minimum absolute atomic E-state index is 0.0533. The van der Waals surface area contributed by atoms with Crippen LogP contribution in [0.5, 0.6) is 5.88 Å². The summed E-state index contributed by atoms with van der Waals surface area (Å²) in [7, 11) is 2.54. The Labute approximate surface area is 123 Å². The van der Waals surface area contributed by atoms with Crippen molar-refractivity contribution in [2.75, 3.05) is 32.2 Å². The van der Waals surface area contributed by atoms with Gasteiger partial charge in [-0.05, 0) is 13.8 Å². The van der Waals surface area contributed by atoms with Crippen LogP contribution in [-0.2, 0) is 19.1 Å². The first kappa shape index (κ1) is 16.7. The fourth-order valence-electron chi connectivity index (χ4n) is 1.47. The Morgan fingerprint density at radius 1 is 1.14 bits per heavy atom. The summed E-state index contributed by atoms with van der Waals surface area (Å²) in [5.74, 6) is -0.265. The van der Waals surface area contributed by atoms with Crippen LogP contribution in [0.3, 0.4) is 0 Å². The van der Waals surface area contributed by atoms with Gasteiger partial charge in [0.25, 0.3) is 0 Å². The van der Waals surface area contributed by atoms with Gasteiger partial charge >= 0.3 is 11.9 Å². The summed E-state index contributed by atoms with van der Waals surface area (Å²) in [5, 5.41) is 0. The van der Waals surface area contributed by atoms with Crippen LogP contribution in [0.1, 0.15) is 13.8 Å². The fourth-order valence-corrected chi connectivity index (χ4v) is 1.47. The molecule has 1 aromatic rings. The van der Waals surface area contributed by atoms with Gasteiger partial charge in [0.05, 0.1) is 20.3 Å². The molecule has 21 heavy (non-hydrogen) atoms. The number of aromatic nitrogens is 2. The predicted octanol–water partition coefficient (Wildman–Crippen LogP) is 0.416. The molecule has 0 saturated carbocycles. The number of carbonyl (C=O) groups excluding carboxylic acids is 2. The topological polar surface area (TPSA) is 90.9 Å². The number of ether oxygens (including phenoxy) is 3. The molecule has 0 atom stereocenters. The molecule has 0 bridgehead atoms. The quantitative estimate of drug-likeness (QED) is 0.669. The fraction of sp³-hybridized carbons (Fsp3) is 0.538. The average molecular weight is 297 g/mol. The van der Waals surface area contributed by atoms with Gasteiger partial charge in [0.15, 0.2) is 0 Å². The van der Waals surface area contributed by atoms with Crippen molar-refractivity contribution in [3.63, 3.8) is 0 Å². The highest BCUT2D eigenvalue weighted by molar-refractivity contribution is 5.80. The number of nitrogens with zero attached hydrogens (tertiary/aromatic N) is 3. The van der Waals surface area contributed by atoms with E-state index in [9.17, 15) is 9.59 Å². The molecule has 0 aliphatic heterocycles. The van der Waals surface area contributed by atoms with Crippen molar-refractivity contribution in [3.8, 4) is 5.88 Å². The molecule has 0 aromatic carbocycles. The van der Waals surface area contributed by atoms with Crippen LogP contribution in [0, 0.1) is 0 Å². The molecule has 1 aromatic heterocycles. The molecule has 0 amide bonds. The first-order valence-corrected chi connectivity index (χ1v) is 6.33. The minimum atomic E-state index is -0.496. The van der Waals surface area contributed by atoms with Gasteiger partial charge < -0.3 is 19.1 Å². The third-order valence-electron chi connectivity index (χ3n) is 2.40. The van der Waals surface area contributed by atoms with Gasteiger partial charge in [-0.2, -0.15) is 0 Å². The zero-order valence-electron chi connectivity index (χ0n) is 12.5. The Morgan fingerprint density at radius 2 is 1.71 bits per heavy atom. The van der Waals surface area contributed by atoms with Crippen LogP contribution in [-0.4, -0.2) is 55.3 Å². The maximum atomic E-state index is 11.4. The van der Waals surface area contributed by atoms with E-state index in [0.717, 1.165) is 0 Å². The largest absolute Gasteiger partial charge is 0.475 e. The summed E-state index contributed by atoms with van der Waals surface area (Å²) >= 11 is 0. The molecule has 1 rings (SSSR count). The number of methoxy groups -OCH3 is 2. The summed E-state index contributed by atoms with van der Waals surface area (Å²) in [6.07, 6.45) is 1.25. The van der Waals surface area contributed by atoms with Crippen molar-refractivity contribution >= 4 is 17.8 Å². The van der Waals surface area contributed by atoms with E-state index in [-0.39, 0.29) is 19.2 Å². The van der Waals surface area contributed by atoms with Crippen LogP contribution < -0.4 is 9.64 Å². The van der Waals surface area contributed by atoms with Crippen molar-refractivity contribution in [1.29, 1.82) is 0 Å². The lowest BCUT2D eigenvalue weighted by Crippen LogP contribution is -2.36. The van der Waals surface area contributed by atoms with Gasteiger partial charge in [0.2, 0.25) is 5.88 Å². The standard InChI is InChI=1S/C13H19N3O5/c1-9(2)21-11-5-10(14-8-15-11)16(6-12(17)19-3)7-13(18)20-4/h5,8-9H,6-7H2,1-4H3. The Balaban J connectivity index is 2.95. The minimum Gasteiger partial charge on any atom is -0.475 e. The molecule has 0 aliphatic carbocycles. The second-order valence-corrected chi connectivity index (χ2v) is 4.39. The van der Waals surface area contributed by atoms with Gasteiger partial charge in [0, 0.05) is 6.07 Å². The Bertz CT molecular complexity index is 474. The van der Waals surface area contributed by atoms with Gasteiger partial charge in [-0.15, -0.1) is 0 Å². The predicted molar refractivity (Wildman–Crippen MR) is 74.0 cm³/mol. The molecule has 0 radical (unpaired) electrons. The highest BCUT2D eigenvalue weighted by atomic mass is 16.5. The van der Waals surface area contributed by atoms with E-state index in [1.807, 2.05) is 13.8 Å². The van der Waals surface area contributed by atoms with Crippen LogP contribution in [0.25, 0.3) is 0 Å². The summed E-state index contributed by atoms with van der Waals surface area (Å²) in [5.41, 5.74) is 0. The molecule has 8 heteroatoms. The molecule has 0 fully saturated rings. The number of esters is 2. The second-order valence-electron chi connectivity index (χ2n) is 4.39. The van der Waals surface area contributed by atoms with Gasteiger partial charge in [0.1, 0.15) is 25.2 Å². The average Bonchev–Trinajstić information content (AvgIpc) is 2.45. The molecule has 1 heterocycles. The van der Waals surface area contributed by atoms with E-state index < -0.39 is 11.9 Å². The molecule has 116 valence electrons. The number of carbonyl (C=O) groups is 2. The molecule has 0 saturated heterocycles. The van der Waals surface area contributed by atoms with Crippen molar-refractivity contribution in [2.24, 2.45) is 0 Å². The van der Waals surface area contributed by atoms with E-state index in [1.165, 1.54) is 25.4 Å². The van der Waals surface area contributed by atoms with Crippen molar-refractivity contribution in [2.45, 2.75) is 20.0 Å². The zero-order chi connectivity index (χ0) is 15.8. The normalized spacial score (nSPS) is 10.1. The van der Waals surface area contributed by atoms with E-state index in [0.29, 0.717) is 11.7 Å². The number of anilines is 1. The van der Waals surface area contributed by atoms with E-state index in [2.05, 4.69) is 19.4 Å². The SMILES string of the molecule is COC(=O)CN(CC(=O)OC)c1cc(OC(C)C)ncn1. The van der Waals surface area contributed by atoms with E-state index >= 15 is 0 Å². The first-order valence-electron chi connectivity index (χ1n) is 6.33. The Kier molecular flexibility index (Phi) is 6.38. The molecular formula is C13H19N3O5. The van der Waals surface area contributed by atoms with Crippen LogP contribution in [0.2, 0.25) is 0 Å². The second kappa shape index (κ2) is 8.03. The monoisotopic (exact) mass is 297 g/mol. The van der Waals surface area contributed by atoms with Crippen LogP contribution in [0.15, 0.2) is 12.4 Å². The summed E-state index contributed by atoms with van der Waals surface area (Å²) in [4.78, 5) is 32.3. The van der Waals surface area contributed by atoms with Gasteiger partial charge in [-0.3, -0.25) is 9.59 Å². The Hall–Kier alpha value is -2.38. The number of hydrogen-bond acceptors (Lipinski definition) is 8. The number of hydrogen-bond donors (Lipinski definition) is 0. The smallest absolute Gasteiger partial charge is 0.325 e. The highest BCUT2D eigenvalue weighted by Gasteiger charge is 2.18. The molecule has 0 spiro atoms. The molecule has 0 unspecified atom stereocenters. The van der Waals surface area contributed by atoms with Gasteiger partial charge in [-0.25, -0.2) is 9.97 Å². The zero-order valence-corrected chi connectivity index (χ0v) is 12.5. The molecule has 0 N–H and O–H groups in total. The maximum absolute atomic E-state index is 11.4. The van der Waals surface area contributed by atoms with Crippen LogP contribution >= 0.6 is 0 Å². The summed E-state index contributed by atoms with van der Waals surface area (Å²) in [6.45, 7) is 3.46. The molecular weight excluding hydrogens is 278 g/mol. The van der Waals surface area contributed by atoms with Crippen molar-refractivity contribution in [1.82, 2.24) is 9.97 Å². The lowest BCUT2D eigenvalue weighted by molar-refractivity contribution is -0.140. The number of rotatable bonds is 7. The summed E-state index contributed by atoms with van der Waals surface area (Å²) < 4.78 is 14.7. The van der Waals surface area contributed by atoms with Gasteiger partial charge in [-0.1, -0.05) is 0 Å². The van der Waals surface area contributed by atoms with Crippen molar-refractivity contribution in [3.05, 3.63) is 12.4 Å². The first-order chi connectivity index (χ1) is 9.96. The summed E-state index contributed by atoms with van der Waals surface area (Å²) in [6, 6.07) is 1.55. The van der Waals surface area contributed by atoms with E-state index in [1.54, 1.807) is 6.07 Å².